The summed E-state index contributed by atoms with van der Waals surface area (Å²) in [5, 5.41) is 3.93. The second kappa shape index (κ2) is 9.65. The molecule has 27 heavy (non-hydrogen) atoms. The van der Waals surface area contributed by atoms with Gasteiger partial charge in [-0.25, -0.2) is 0 Å². The van der Waals surface area contributed by atoms with Gasteiger partial charge in [0.1, 0.15) is 6.54 Å². The predicted octanol–water partition coefficient (Wildman–Crippen LogP) is 4.48. The van der Waals surface area contributed by atoms with Crippen molar-refractivity contribution in [3.05, 3.63) is 39.8 Å². The Morgan fingerprint density at radius 3 is 2.89 bits per heavy atom. The summed E-state index contributed by atoms with van der Waals surface area (Å²) in [5.41, 5.74) is 0.844. The normalized spacial score (nSPS) is 24.0. The van der Waals surface area contributed by atoms with Crippen molar-refractivity contribution in [3.63, 3.8) is 0 Å². The van der Waals surface area contributed by atoms with Crippen LogP contribution in [0, 0.1) is 0 Å². The van der Waals surface area contributed by atoms with Gasteiger partial charge in [0.25, 0.3) is 5.91 Å². The molecule has 1 aromatic carbocycles. The lowest BCUT2D eigenvalue weighted by molar-refractivity contribution is -0.135. The average Bonchev–Trinajstić information content (AvgIpc) is 2.67. The highest BCUT2D eigenvalue weighted by molar-refractivity contribution is 8.04. The van der Waals surface area contributed by atoms with E-state index in [4.69, 9.17) is 11.6 Å². The van der Waals surface area contributed by atoms with Crippen LogP contribution in [0.1, 0.15) is 51.0 Å². The number of carbonyl (C=O) groups is 2. The third-order valence-electron chi connectivity index (χ3n) is 5.18. The zero-order valence-electron chi connectivity index (χ0n) is 15.7. The molecule has 4 nitrogen and oxygen atoms in total. The van der Waals surface area contributed by atoms with Crippen LogP contribution in [-0.4, -0.2) is 41.1 Å². The minimum absolute atomic E-state index is 0.0475. The van der Waals surface area contributed by atoms with Crippen molar-refractivity contribution >= 4 is 41.3 Å². The van der Waals surface area contributed by atoms with Crippen molar-refractivity contribution in [2.75, 3.05) is 13.1 Å². The van der Waals surface area contributed by atoms with E-state index in [0.29, 0.717) is 21.7 Å². The van der Waals surface area contributed by atoms with E-state index < -0.39 is 0 Å². The number of nitrogens with zero attached hydrogens (tertiary/aromatic N) is 1. The molecule has 2 unspecified atom stereocenters. The van der Waals surface area contributed by atoms with Gasteiger partial charge in [0.05, 0.1) is 4.91 Å². The number of unbranched alkanes of at least 4 members (excludes halogenated alkanes) is 1. The maximum absolute atomic E-state index is 13.2. The van der Waals surface area contributed by atoms with Crippen LogP contribution < -0.4 is 5.32 Å². The fourth-order valence-corrected chi connectivity index (χ4v) is 5.36. The number of benzene rings is 1. The van der Waals surface area contributed by atoms with E-state index in [9.17, 15) is 9.59 Å². The first-order valence-electron chi connectivity index (χ1n) is 9.80. The van der Waals surface area contributed by atoms with E-state index in [1.54, 1.807) is 16.7 Å². The number of fused-ring (bicyclic) bond motifs is 1. The van der Waals surface area contributed by atoms with E-state index in [2.05, 4.69) is 12.2 Å². The van der Waals surface area contributed by atoms with E-state index in [1.165, 1.54) is 6.42 Å². The van der Waals surface area contributed by atoms with Crippen molar-refractivity contribution in [2.45, 2.75) is 56.7 Å². The van der Waals surface area contributed by atoms with Gasteiger partial charge in [0.2, 0.25) is 5.91 Å². The molecule has 1 aliphatic heterocycles. The fraction of sp³-hybridized carbons (Fsp3) is 0.524. The molecule has 2 aliphatic rings. The number of nitrogens with one attached hydrogen (secondary N) is 1. The highest BCUT2D eigenvalue weighted by Gasteiger charge is 2.41. The van der Waals surface area contributed by atoms with Crippen LogP contribution in [0.5, 0.6) is 0 Å². The quantitative estimate of drug-likeness (QED) is 0.559. The lowest BCUT2D eigenvalue weighted by atomic mass is 9.93. The topological polar surface area (TPSA) is 49.4 Å². The Morgan fingerprint density at radius 1 is 1.33 bits per heavy atom. The van der Waals surface area contributed by atoms with Crippen molar-refractivity contribution in [1.82, 2.24) is 10.2 Å². The Kier molecular flexibility index (Phi) is 7.25. The first-order valence-corrected chi connectivity index (χ1v) is 11.1. The molecule has 6 heteroatoms. The molecule has 2 fully saturated rings. The van der Waals surface area contributed by atoms with Gasteiger partial charge in [-0.05, 0) is 37.0 Å². The summed E-state index contributed by atoms with van der Waals surface area (Å²) < 4.78 is 0. The van der Waals surface area contributed by atoms with Crippen LogP contribution in [0.15, 0.2) is 29.2 Å². The van der Waals surface area contributed by atoms with E-state index >= 15 is 0 Å². The molecule has 146 valence electrons. The summed E-state index contributed by atoms with van der Waals surface area (Å²) in [6.07, 6.45) is 8.22. The number of carbonyl (C=O) groups excluding carboxylic acids is 2. The molecule has 0 spiro atoms. The molecule has 0 bridgehead atoms. The predicted molar refractivity (Wildman–Crippen MR) is 113 cm³/mol. The molecular formula is C21H27ClN2O2S. The van der Waals surface area contributed by atoms with Crippen LogP contribution in [0.3, 0.4) is 0 Å². The molecular weight excluding hydrogens is 380 g/mol. The number of thioether (sulfide) groups is 1. The first-order chi connectivity index (χ1) is 13.1. The maximum atomic E-state index is 13.2. The van der Waals surface area contributed by atoms with E-state index in [-0.39, 0.29) is 24.4 Å². The molecule has 3 rings (SSSR count). The molecule has 1 N–H and O–H groups in total. The van der Waals surface area contributed by atoms with Gasteiger partial charge in [-0.3, -0.25) is 9.59 Å². The SMILES string of the molecule is CCCCNC(=O)CN1C(=O)/C(=C\c2ccccc2Cl)SC2CCCCC21. The van der Waals surface area contributed by atoms with Crippen LogP contribution in [0.25, 0.3) is 6.08 Å². The maximum Gasteiger partial charge on any atom is 0.261 e. The Balaban J connectivity index is 1.80. The summed E-state index contributed by atoms with van der Waals surface area (Å²) in [6, 6.07) is 7.69. The number of amides is 2. The summed E-state index contributed by atoms with van der Waals surface area (Å²) in [7, 11) is 0. The number of rotatable bonds is 6. The van der Waals surface area contributed by atoms with Gasteiger partial charge < -0.3 is 10.2 Å². The summed E-state index contributed by atoms with van der Waals surface area (Å²) in [4.78, 5) is 28.0. The van der Waals surface area contributed by atoms with Crippen molar-refractivity contribution < 1.29 is 9.59 Å². The molecule has 0 aromatic heterocycles. The van der Waals surface area contributed by atoms with Crippen molar-refractivity contribution in [3.8, 4) is 0 Å². The van der Waals surface area contributed by atoms with Gasteiger partial charge in [-0.1, -0.05) is 56.0 Å². The van der Waals surface area contributed by atoms with E-state index in [1.807, 2.05) is 30.3 Å². The highest BCUT2D eigenvalue weighted by Crippen LogP contribution is 2.42. The summed E-state index contributed by atoms with van der Waals surface area (Å²) in [6.45, 7) is 2.91. The van der Waals surface area contributed by atoms with Gasteiger partial charge in [0, 0.05) is 22.9 Å². The highest BCUT2D eigenvalue weighted by atomic mass is 35.5. The molecule has 1 saturated carbocycles. The zero-order valence-corrected chi connectivity index (χ0v) is 17.3. The molecule has 2 atom stereocenters. The molecule has 0 radical (unpaired) electrons. The minimum Gasteiger partial charge on any atom is -0.355 e. The van der Waals surface area contributed by atoms with Crippen molar-refractivity contribution in [1.29, 1.82) is 0 Å². The molecule has 1 saturated heterocycles. The molecule has 1 aliphatic carbocycles. The Morgan fingerprint density at radius 2 is 2.11 bits per heavy atom. The Labute approximate surface area is 170 Å². The number of hydrogen-bond acceptors (Lipinski definition) is 3. The van der Waals surface area contributed by atoms with Crippen LogP contribution >= 0.6 is 23.4 Å². The van der Waals surface area contributed by atoms with Crippen LogP contribution in [0.2, 0.25) is 5.02 Å². The van der Waals surface area contributed by atoms with Crippen LogP contribution in [-0.2, 0) is 9.59 Å². The van der Waals surface area contributed by atoms with Gasteiger partial charge in [-0.2, -0.15) is 0 Å². The van der Waals surface area contributed by atoms with Crippen LogP contribution in [0.4, 0.5) is 0 Å². The molecule has 1 aromatic rings. The number of hydrogen-bond donors (Lipinski definition) is 1. The standard InChI is InChI=1S/C21H27ClN2O2S/c1-2-3-12-23-20(25)14-24-17-10-6-7-11-18(17)27-19(21(24)26)13-15-8-4-5-9-16(15)22/h4-5,8-9,13,17-18H,2-3,6-7,10-12,14H2,1H3,(H,23,25)/b19-13+. The van der Waals surface area contributed by atoms with E-state index in [0.717, 1.165) is 37.7 Å². The fourth-order valence-electron chi connectivity index (χ4n) is 3.71. The lowest BCUT2D eigenvalue weighted by Gasteiger charge is -2.43. The number of halogens is 1. The summed E-state index contributed by atoms with van der Waals surface area (Å²) >= 11 is 7.94. The third kappa shape index (κ3) is 5.08. The smallest absolute Gasteiger partial charge is 0.261 e. The second-order valence-corrected chi connectivity index (χ2v) is 8.86. The molecule has 1 heterocycles. The van der Waals surface area contributed by atoms with Gasteiger partial charge >= 0.3 is 0 Å². The molecule has 2 amide bonds. The zero-order chi connectivity index (χ0) is 19.2. The Hall–Kier alpha value is -1.46. The minimum atomic E-state index is -0.0647. The lowest BCUT2D eigenvalue weighted by Crippen LogP contribution is -2.54. The van der Waals surface area contributed by atoms with Crippen molar-refractivity contribution in [2.24, 2.45) is 0 Å². The third-order valence-corrected chi connectivity index (χ3v) is 6.92. The Bertz CT molecular complexity index is 722. The summed E-state index contributed by atoms with van der Waals surface area (Å²) in [5.74, 6) is -0.112. The monoisotopic (exact) mass is 406 g/mol. The van der Waals surface area contributed by atoms with Gasteiger partial charge in [-0.15, -0.1) is 11.8 Å². The largest absolute Gasteiger partial charge is 0.355 e. The van der Waals surface area contributed by atoms with Gasteiger partial charge in [0.15, 0.2) is 0 Å². The second-order valence-electron chi connectivity index (χ2n) is 7.17. The average molecular weight is 407 g/mol. The first kappa shape index (κ1) is 20.3.